The van der Waals surface area contributed by atoms with Crippen LogP contribution in [-0.2, 0) is 0 Å². The summed E-state index contributed by atoms with van der Waals surface area (Å²) in [4.78, 5) is 30.7. The maximum Gasteiger partial charge on any atom is 0.335 e. The quantitative estimate of drug-likeness (QED) is 0.254. The number of anilines is 2. The van der Waals surface area contributed by atoms with Crippen molar-refractivity contribution in [2.45, 2.75) is 19.8 Å². The van der Waals surface area contributed by atoms with E-state index in [1.165, 1.54) is 0 Å². The molecule has 8 nitrogen and oxygen atoms in total. The zero-order valence-electron chi connectivity index (χ0n) is 22.2. The third kappa shape index (κ3) is 6.96. The zero-order valence-corrected chi connectivity index (χ0v) is 22.2. The van der Waals surface area contributed by atoms with E-state index in [2.05, 4.69) is 15.2 Å². The van der Waals surface area contributed by atoms with Crippen LogP contribution in [0.15, 0.2) is 91.1 Å². The van der Waals surface area contributed by atoms with Crippen molar-refractivity contribution in [2.75, 3.05) is 29.9 Å². The van der Waals surface area contributed by atoms with Gasteiger partial charge in [-0.15, -0.1) is 0 Å². The molecule has 204 valence electrons. The zero-order chi connectivity index (χ0) is 27.9. The Kier molecular flexibility index (Phi) is 8.25. The van der Waals surface area contributed by atoms with E-state index in [0.717, 1.165) is 43.1 Å². The summed E-state index contributed by atoms with van der Waals surface area (Å²) in [6.45, 7) is 4.27. The van der Waals surface area contributed by atoms with E-state index in [1.54, 1.807) is 54.7 Å². The van der Waals surface area contributed by atoms with Gasteiger partial charge in [-0.05, 0) is 92.4 Å². The second-order valence-electron chi connectivity index (χ2n) is 9.87. The fourth-order valence-electron chi connectivity index (χ4n) is 4.53. The number of ether oxygens (including phenoxy) is 2. The molecule has 1 amide bonds. The second-order valence-corrected chi connectivity index (χ2v) is 9.87. The lowest BCUT2D eigenvalue weighted by Crippen LogP contribution is -2.36. The number of aromatic carboxylic acids is 1. The molecule has 0 aliphatic carbocycles. The van der Waals surface area contributed by atoms with E-state index >= 15 is 0 Å². The highest BCUT2D eigenvalue weighted by molar-refractivity contribution is 6.04. The van der Waals surface area contributed by atoms with Gasteiger partial charge in [0, 0.05) is 18.7 Å². The largest absolute Gasteiger partial charge is 0.493 e. The topological polar surface area (TPSA) is 101 Å². The van der Waals surface area contributed by atoms with Gasteiger partial charge in [-0.3, -0.25) is 4.79 Å². The fourth-order valence-corrected chi connectivity index (χ4v) is 4.53. The number of hydrogen-bond donors (Lipinski definition) is 2. The van der Waals surface area contributed by atoms with Gasteiger partial charge in [0.1, 0.15) is 23.1 Å². The molecule has 8 heteroatoms. The maximum atomic E-state index is 12.7. The molecule has 1 fully saturated rings. The van der Waals surface area contributed by atoms with Crippen LogP contribution in [0.4, 0.5) is 11.5 Å². The molecule has 1 aliphatic heterocycles. The van der Waals surface area contributed by atoms with Crippen molar-refractivity contribution in [3.8, 4) is 17.2 Å². The minimum atomic E-state index is -0.963. The highest BCUT2D eigenvalue weighted by Crippen LogP contribution is 2.25. The van der Waals surface area contributed by atoms with Crippen LogP contribution in [0, 0.1) is 12.8 Å². The minimum absolute atomic E-state index is 0.217. The van der Waals surface area contributed by atoms with Gasteiger partial charge in [0.2, 0.25) is 0 Å². The monoisotopic (exact) mass is 537 g/mol. The van der Waals surface area contributed by atoms with Gasteiger partial charge in [-0.25, -0.2) is 9.78 Å². The Morgan fingerprint density at radius 2 is 1.60 bits per heavy atom. The molecule has 3 aromatic carbocycles. The van der Waals surface area contributed by atoms with Crippen LogP contribution >= 0.6 is 0 Å². The van der Waals surface area contributed by atoms with E-state index < -0.39 is 5.97 Å². The molecule has 1 aliphatic rings. The van der Waals surface area contributed by atoms with E-state index in [-0.39, 0.29) is 11.5 Å². The van der Waals surface area contributed by atoms with Crippen LogP contribution in [0.1, 0.15) is 39.1 Å². The van der Waals surface area contributed by atoms with E-state index in [4.69, 9.17) is 14.6 Å². The van der Waals surface area contributed by atoms with Crippen LogP contribution in [-0.4, -0.2) is 41.7 Å². The highest BCUT2D eigenvalue weighted by Gasteiger charge is 2.21. The molecule has 0 saturated carbocycles. The number of carboxylic acids is 1. The Bertz CT molecular complexity index is 1450. The molecule has 2 heterocycles. The summed E-state index contributed by atoms with van der Waals surface area (Å²) in [5.74, 6) is 2.06. The molecule has 2 N–H and O–H groups in total. The summed E-state index contributed by atoms with van der Waals surface area (Å²) in [5.41, 5.74) is 2.54. The Balaban J connectivity index is 1.08. The van der Waals surface area contributed by atoms with Crippen LogP contribution in [0.25, 0.3) is 0 Å². The van der Waals surface area contributed by atoms with Gasteiger partial charge in [0.15, 0.2) is 0 Å². The van der Waals surface area contributed by atoms with Crippen LogP contribution in [0.2, 0.25) is 0 Å². The maximum absolute atomic E-state index is 12.7. The minimum Gasteiger partial charge on any atom is -0.493 e. The molecule has 5 rings (SSSR count). The highest BCUT2D eigenvalue weighted by atomic mass is 16.5. The first-order valence-electron chi connectivity index (χ1n) is 13.3. The number of aromatic nitrogens is 1. The average Bonchev–Trinajstić information content (AvgIpc) is 2.98. The van der Waals surface area contributed by atoms with Gasteiger partial charge in [-0.1, -0.05) is 23.8 Å². The predicted molar refractivity (Wildman–Crippen MR) is 154 cm³/mol. The third-order valence-electron chi connectivity index (χ3n) is 6.88. The van der Waals surface area contributed by atoms with Gasteiger partial charge in [0.05, 0.1) is 24.1 Å². The van der Waals surface area contributed by atoms with Crippen molar-refractivity contribution in [1.29, 1.82) is 0 Å². The molecule has 0 unspecified atom stereocenters. The van der Waals surface area contributed by atoms with Crippen LogP contribution in [0.3, 0.4) is 0 Å². The Hall–Kier alpha value is -4.85. The molecule has 1 aromatic heterocycles. The number of nitrogens with one attached hydrogen (secondary N) is 1. The molecular formula is C32H31N3O5. The molecule has 0 radical (unpaired) electrons. The fraction of sp³-hybridized carbons (Fsp3) is 0.219. The number of piperidine rings is 1. The Morgan fingerprint density at radius 3 is 2.25 bits per heavy atom. The third-order valence-corrected chi connectivity index (χ3v) is 6.88. The summed E-state index contributed by atoms with van der Waals surface area (Å²) in [5, 5.41) is 12.0. The smallest absolute Gasteiger partial charge is 0.335 e. The lowest BCUT2D eigenvalue weighted by Gasteiger charge is -2.32. The Morgan fingerprint density at radius 1 is 0.900 bits per heavy atom. The van der Waals surface area contributed by atoms with E-state index in [0.29, 0.717) is 35.3 Å². The SMILES string of the molecule is Cc1ccc(Oc2ccc(C(=O)Nc3ccc(N4CCC(COc5cccc(C(=O)O)c5)CC4)nc3)cc2)cc1. The number of carboxylic acid groups (broad SMARTS) is 1. The lowest BCUT2D eigenvalue weighted by atomic mass is 9.98. The van der Waals surface area contributed by atoms with Crippen LogP contribution < -0.4 is 19.7 Å². The average molecular weight is 538 g/mol. The standard InChI is InChI=1S/C32H31N3O5/c1-22-5-10-27(11-6-22)40-28-12-7-24(8-13-28)31(36)34-26-9-14-30(33-20-26)35-17-15-23(16-18-35)21-39-29-4-2-3-25(19-29)32(37)38/h2-14,19-20,23H,15-18,21H2,1H3,(H,34,36)(H,37,38). The number of amides is 1. The van der Waals surface area contributed by atoms with Crippen LogP contribution in [0.5, 0.6) is 17.2 Å². The van der Waals surface area contributed by atoms with Gasteiger partial charge in [-0.2, -0.15) is 0 Å². The van der Waals surface area contributed by atoms with Crippen molar-refractivity contribution < 1.29 is 24.2 Å². The van der Waals surface area contributed by atoms with Crippen molar-refractivity contribution in [3.63, 3.8) is 0 Å². The normalized spacial score (nSPS) is 13.5. The summed E-state index contributed by atoms with van der Waals surface area (Å²) in [6.07, 6.45) is 3.57. The first-order valence-corrected chi connectivity index (χ1v) is 13.3. The Labute approximate surface area is 233 Å². The number of carbonyl (C=O) groups is 2. The summed E-state index contributed by atoms with van der Waals surface area (Å²) >= 11 is 0. The molecule has 1 saturated heterocycles. The van der Waals surface area contributed by atoms with Crippen molar-refractivity contribution >= 4 is 23.4 Å². The van der Waals surface area contributed by atoms with Crippen molar-refractivity contribution in [1.82, 2.24) is 4.98 Å². The van der Waals surface area contributed by atoms with Crippen molar-refractivity contribution in [3.05, 3.63) is 108 Å². The summed E-state index contributed by atoms with van der Waals surface area (Å²) in [6, 6.07) is 25.2. The number of pyridine rings is 1. The van der Waals surface area contributed by atoms with E-state index in [9.17, 15) is 9.59 Å². The number of aryl methyl sites for hydroxylation is 1. The number of rotatable bonds is 9. The first-order chi connectivity index (χ1) is 19.4. The van der Waals surface area contributed by atoms with Gasteiger partial charge < -0.3 is 24.8 Å². The number of carbonyl (C=O) groups excluding carboxylic acids is 1. The van der Waals surface area contributed by atoms with Gasteiger partial charge in [0.25, 0.3) is 5.91 Å². The number of benzene rings is 3. The van der Waals surface area contributed by atoms with E-state index in [1.807, 2.05) is 43.3 Å². The number of nitrogens with zero attached hydrogens (tertiary/aromatic N) is 2. The molecular weight excluding hydrogens is 506 g/mol. The summed E-state index contributed by atoms with van der Waals surface area (Å²) in [7, 11) is 0. The first kappa shape index (κ1) is 26.7. The summed E-state index contributed by atoms with van der Waals surface area (Å²) < 4.78 is 11.7. The molecule has 0 spiro atoms. The lowest BCUT2D eigenvalue weighted by molar-refractivity contribution is 0.0696. The number of hydrogen-bond acceptors (Lipinski definition) is 6. The molecule has 0 bridgehead atoms. The second kappa shape index (κ2) is 12.3. The molecule has 40 heavy (non-hydrogen) atoms. The molecule has 4 aromatic rings. The van der Waals surface area contributed by atoms with Crippen molar-refractivity contribution in [2.24, 2.45) is 5.92 Å². The predicted octanol–water partition coefficient (Wildman–Crippen LogP) is 6.43. The molecule has 0 atom stereocenters. The van der Waals surface area contributed by atoms with Gasteiger partial charge >= 0.3 is 5.97 Å².